The maximum atomic E-state index is 13.4. The van der Waals surface area contributed by atoms with Crippen molar-refractivity contribution in [2.24, 2.45) is 5.73 Å². The fraction of sp³-hybridized carbons (Fsp3) is 0.310. The third-order valence-electron chi connectivity index (χ3n) is 6.65. The predicted octanol–water partition coefficient (Wildman–Crippen LogP) is 2.09. The van der Waals surface area contributed by atoms with Crippen LogP contribution in [0.3, 0.4) is 0 Å². The molecule has 2 aromatic carbocycles. The normalized spacial score (nSPS) is 15.9. The Hall–Kier alpha value is -4.44. The van der Waals surface area contributed by atoms with Gasteiger partial charge in [-0.2, -0.15) is 0 Å². The van der Waals surface area contributed by atoms with Crippen LogP contribution in [0.25, 0.3) is 0 Å². The molecule has 5 N–H and O–H groups in total. The highest BCUT2D eigenvalue weighted by molar-refractivity contribution is 5.90. The van der Waals surface area contributed by atoms with Crippen LogP contribution in [0.5, 0.6) is 0 Å². The van der Waals surface area contributed by atoms with Gasteiger partial charge < -0.3 is 31.3 Å². The van der Waals surface area contributed by atoms with Gasteiger partial charge in [0.15, 0.2) is 0 Å². The van der Waals surface area contributed by atoms with Gasteiger partial charge in [-0.05, 0) is 41.7 Å². The van der Waals surface area contributed by atoms with Crippen LogP contribution < -0.4 is 16.8 Å². The van der Waals surface area contributed by atoms with E-state index in [0.29, 0.717) is 18.7 Å². The number of carbonyl (C=O) groups is 3. The van der Waals surface area contributed by atoms with Gasteiger partial charge in [0.05, 0.1) is 12.6 Å². The molecule has 1 saturated heterocycles. The summed E-state index contributed by atoms with van der Waals surface area (Å²) in [5.74, 6) is -0.376. The molecule has 1 fully saturated rings. The maximum absolute atomic E-state index is 13.4. The number of nitrogens with two attached hydrogens (primary N) is 2. The number of piperazine rings is 1. The van der Waals surface area contributed by atoms with E-state index in [1.165, 1.54) is 9.80 Å². The molecule has 1 aliphatic heterocycles. The standard InChI is InChI=1S/C29H34N6O4/c30-24(12-11-21-7-3-1-4-8-21)28(37)35-16-15-34(29(38)39-20-22-9-5-2-6-10-22)19-25(35)27(36)33-18-23-13-14-32-26(31)17-23/h1-10,13-14,17,24-25H,11-12,15-16,18-20,30H2,(H2,31,32)(H,33,36). The first-order chi connectivity index (χ1) is 18.9. The number of hydrogen-bond acceptors (Lipinski definition) is 7. The third kappa shape index (κ3) is 7.78. The Bertz CT molecular complexity index is 1260. The molecule has 10 heteroatoms. The highest BCUT2D eigenvalue weighted by atomic mass is 16.6. The second kappa shape index (κ2) is 13.4. The minimum Gasteiger partial charge on any atom is -0.445 e. The van der Waals surface area contributed by atoms with E-state index in [2.05, 4.69) is 10.3 Å². The van der Waals surface area contributed by atoms with Crippen LogP contribution in [0.1, 0.15) is 23.1 Å². The van der Waals surface area contributed by atoms with E-state index >= 15 is 0 Å². The summed E-state index contributed by atoms with van der Waals surface area (Å²) < 4.78 is 5.48. The fourth-order valence-corrected chi connectivity index (χ4v) is 4.46. The minimum atomic E-state index is -0.919. The fourth-order valence-electron chi connectivity index (χ4n) is 4.46. The molecule has 0 radical (unpaired) electrons. The number of carbonyl (C=O) groups excluding carboxylic acids is 3. The van der Waals surface area contributed by atoms with Crippen molar-refractivity contribution in [2.45, 2.75) is 38.1 Å². The Balaban J connectivity index is 1.42. The smallest absolute Gasteiger partial charge is 0.410 e. The zero-order valence-corrected chi connectivity index (χ0v) is 21.7. The number of anilines is 1. The topological polar surface area (TPSA) is 144 Å². The van der Waals surface area contributed by atoms with Crippen molar-refractivity contribution in [3.05, 3.63) is 95.7 Å². The number of amides is 3. The van der Waals surface area contributed by atoms with Crippen molar-refractivity contribution in [3.63, 3.8) is 0 Å². The van der Waals surface area contributed by atoms with Gasteiger partial charge in [-0.15, -0.1) is 0 Å². The number of nitrogens with zero attached hydrogens (tertiary/aromatic N) is 3. The summed E-state index contributed by atoms with van der Waals surface area (Å²) in [7, 11) is 0. The molecular weight excluding hydrogens is 496 g/mol. The van der Waals surface area contributed by atoms with Gasteiger partial charge in [-0.3, -0.25) is 9.59 Å². The molecule has 4 rings (SSSR count). The summed E-state index contributed by atoms with van der Waals surface area (Å²) >= 11 is 0. The lowest BCUT2D eigenvalue weighted by Crippen LogP contribution is -2.63. The molecule has 2 atom stereocenters. The van der Waals surface area contributed by atoms with Crippen molar-refractivity contribution in [2.75, 3.05) is 25.4 Å². The van der Waals surface area contributed by atoms with Crippen molar-refractivity contribution in [1.82, 2.24) is 20.1 Å². The third-order valence-corrected chi connectivity index (χ3v) is 6.65. The molecule has 0 aliphatic carbocycles. The quantitative estimate of drug-likeness (QED) is 0.384. The number of pyridine rings is 1. The van der Waals surface area contributed by atoms with Crippen LogP contribution >= 0.6 is 0 Å². The van der Waals surface area contributed by atoms with E-state index in [4.69, 9.17) is 16.2 Å². The number of hydrogen-bond donors (Lipinski definition) is 3. The first-order valence-electron chi connectivity index (χ1n) is 12.9. The summed E-state index contributed by atoms with van der Waals surface area (Å²) in [6.07, 6.45) is 2.09. The number of rotatable bonds is 9. The summed E-state index contributed by atoms with van der Waals surface area (Å²) in [4.78, 5) is 46.5. The zero-order chi connectivity index (χ0) is 27.6. The van der Waals surface area contributed by atoms with E-state index in [-0.39, 0.29) is 38.7 Å². The van der Waals surface area contributed by atoms with Crippen molar-refractivity contribution in [3.8, 4) is 0 Å². The number of nitrogen functional groups attached to an aromatic ring is 1. The van der Waals surface area contributed by atoms with Crippen LogP contribution in [-0.2, 0) is 33.9 Å². The first-order valence-corrected chi connectivity index (χ1v) is 12.9. The highest BCUT2D eigenvalue weighted by Gasteiger charge is 2.38. The summed E-state index contributed by atoms with van der Waals surface area (Å²) in [6.45, 7) is 0.704. The Labute approximate surface area is 227 Å². The monoisotopic (exact) mass is 530 g/mol. The largest absolute Gasteiger partial charge is 0.445 e. The summed E-state index contributed by atoms with van der Waals surface area (Å²) in [5, 5.41) is 2.86. The molecule has 1 aromatic heterocycles. The molecule has 204 valence electrons. The van der Waals surface area contributed by atoms with Crippen molar-refractivity contribution < 1.29 is 19.1 Å². The molecule has 3 amide bonds. The SMILES string of the molecule is Nc1cc(CNC(=O)C2CN(C(=O)OCc3ccccc3)CCN2C(=O)C(N)CCc2ccccc2)ccn1. The highest BCUT2D eigenvalue weighted by Crippen LogP contribution is 2.16. The molecular formula is C29H34N6O4. The van der Waals surface area contributed by atoms with Crippen LogP contribution in [0, 0.1) is 0 Å². The Morgan fingerprint density at radius 2 is 1.67 bits per heavy atom. The lowest BCUT2D eigenvalue weighted by atomic mass is 10.0. The van der Waals surface area contributed by atoms with Crippen LogP contribution in [0.2, 0.25) is 0 Å². The van der Waals surface area contributed by atoms with Gasteiger partial charge >= 0.3 is 6.09 Å². The predicted molar refractivity (Wildman–Crippen MR) is 147 cm³/mol. The van der Waals surface area contributed by atoms with E-state index in [1.807, 2.05) is 60.7 Å². The maximum Gasteiger partial charge on any atom is 0.410 e. The number of aryl methyl sites for hydroxylation is 1. The van der Waals surface area contributed by atoms with Gasteiger partial charge in [0.25, 0.3) is 0 Å². The Morgan fingerprint density at radius 1 is 0.974 bits per heavy atom. The van der Waals surface area contributed by atoms with E-state index in [9.17, 15) is 14.4 Å². The molecule has 10 nitrogen and oxygen atoms in total. The molecule has 39 heavy (non-hydrogen) atoms. The summed E-state index contributed by atoms with van der Waals surface area (Å²) in [6, 6.07) is 20.8. The number of benzene rings is 2. The average Bonchev–Trinajstić information content (AvgIpc) is 2.97. The lowest BCUT2D eigenvalue weighted by Gasteiger charge is -2.41. The second-order valence-electron chi connectivity index (χ2n) is 9.47. The number of ether oxygens (including phenoxy) is 1. The molecule has 1 aliphatic rings. The minimum absolute atomic E-state index is 0.00488. The van der Waals surface area contributed by atoms with Gasteiger partial charge in [-0.25, -0.2) is 9.78 Å². The van der Waals surface area contributed by atoms with Gasteiger partial charge in [0.1, 0.15) is 18.5 Å². The number of nitrogens with one attached hydrogen (secondary N) is 1. The Kier molecular flexibility index (Phi) is 9.47. The molecule has 2 unspecified atom stereocenters. The van der Waals surface area contributed by atoms with Gasteiger partial charge in [-0.1, -0.05) is 60.7 Å². The van der Waals surface area contributed by atoms with E-state index in [0.717, 1.165) is 16.7 Å². The van der Waals surface area contributed by atoms with Crippen molar-refractivity contribution in [1.29, 1.82) is 0 Å². The molecule has 2 heterocycles. The zero-order valence-electron chi connectivity index (χ0n) is 21.7. The summed E-state index contributed by atoms with van der Waals surface area (Å²) in [5.41, 5.74) is 14.7. The number of aromatic nitrogens is 1. The molecule has 3 aromatic rings. The molecule has 0 spiro atoms. The van der Waals surface area contributed by atoms with E-state index < -0.39 is 24.1 Å². The van der Waals surface area contributed by atoms with E-state index in [1.54, 1.807) is 18.3 Å². The molecule has 0 bridgehead atoms. The second-order valence-corrected chi connectivity index (χ2v) is 9.47. The van der Waals surface area contributed by atoms with Crippen LogP contribution in [-0.4, -0.2) is 64.4 Å². The van der Waals surface area contributed by atoms with Gasteiger partial charge in [0, 0.05) is 25.8 Å². The molecule has 0 saturated carbocycles. The van der Waals surface area contributed by atoms with Crippen molar-refractivity contribution >= 4 is 23.7 Å². The van der Waals surface area contributed by atoms with Crippen LogP contribution in [0.4, 0.5) is 10.6 Å². The van der Waals surface area contributed by atoms with Crippen LogP contribution in [0.15, 0.2) is 79.0 Å². The van der Waals surface area contributed by atoms with Gasteiger partial charge in [0.2, 0.25) is 11.8 Å². The average molecular weight is 531 g/mol. The first kappa shape index (κ1) is 27.6. The Morgan fingerprint density at radius 3 is 2.36 bits per heavy atom. The lowest BCUT2D eigenvalue weighted by molar-refractivity contribution is -0.144.